The van der Waals surface area contributed by atoms with E-state index >= 15 is 0 Å². The van der Waals surface area contributed by atoms with Crippen molar-refractivity contribution in [1.82, 2.24) is 14.9 Å². The van der Waals surface area contributed by atoms with Crippen LogP contribution in [0.3, 0.4) is 0 Å². The maximum absolute atomic E-state index is 12.0. The molecule has 1 fully saturated rings. The minimum Gasteiger partial charge on any atom is -0.365 e. The summed E-state index contributed by atoms with van der Waals surface area (Å²) in [5, 5.41) is 0. The van der Waals surface area contributed by atoms with Gasteiger partial charge in [0.2, 0.25) is 5.91 Å². The highest BCUT2D eigenvalue weighted by Crippen LogP contribution is 2.34. The van der Waals surface area contributed by atoms with Crippen molar-refractivity contribution in [3.05, 3.63) is 66.8 Å². The van der Waals surface area contributed by atoms with Crippen LogP contribution in [0.15, 0.2) is 55.5 Å². The first-order valence-corrected chi connectivity index (χ1v) is 9.56. The smallest absolute Gasteiger partial charge is 0.245 e. The van der Waals surface area contributed by atoms with E-state index < -0.39 is 0 Å². The molecule has 1 saturated heterocycles. The number of rotatable bonds is 6. The Balaban J connectivity index is 1.84. The van der Waals surface area contributed by atoms with Crippen LogP contribution >= 0.6 is 0 Å². The molecule has 3 rings (SSSR count). The van der Waals surface area contributed by atoms with Crippen molar-refractivity contribution in [2.45, 2.75) is 32.2 Å². The highest BCUT2D eigenvalue weighted by atomic mass is 16.2. The third-order valence-corrected chi connectivity index (χ3v) is 5.48. The lowest BCUT2D eigenvalue weighted by atomic mass is 9.87. The van der Waals surface area contributed by atoms with Crippen molar-refractivity contribution in [2.24, 2.45) is 5.92 Å². The summed E-state index contributed by atoms with van der Waals surface area (Å²) in [6, 6.07) is 10.8. The third kappa shape index (κ3) is 4.54. The van der Waals surface area contributed by atoms with E-state index in [-0.39, 0.29) is 11.9 Å². The Labute approximate surface area is 161 Å². The van der Waals surface area contributed by atoms with Crippen molar-refractivity contribution in [3.8, 4) is 0 Å². The van der Waals surface area contributed by atoms with E-state index in [1.54, 1.807) is 6.33 Å². The third-order valence-electron chi connectivity index (χ3n) is 5.48. The molecule has 2 aromatic rings. The Hall–Kier alpha value is -2.69. The lowest BCUT2D eigenvalue weighted by Crippen LogP contribution is -2.40. The zero-order chi connectivity index (χ0) is 19.2. The molecular weight excluding hydrogens is 336 g/mol. The van der Waals surface area contributed by atoms with E-state index in [4.69, 9.17) is 0 Å². The van der Waals surface area contributed by atoms with Crippen molar-refractivity contribution in [3.63, 3.8) is 0 Å². The van der Waals surface area contributed by atoms with Gasteiger partial charge in [-0.2, -0.15) is 0 Å². The molecule has 0 aliphatic carbocycles. The van der Waals surface area contributed by atoms with Crippen LogP contribution in [0.5, 0.6) is 0 Å². The topological polar surface area (TPSA) is 49.3 Å². The molecule has 2 unspecified atom stereocenters. The van der Waals surface area contributed by atoms with Crippen LogP contribution in [0.4, 0.5) is 5.69 Å². The number of benzene rings is 1. The number of hydrogen-bond donors (Lipinski definition) is 0. The van der Waals surface area contributed by atoms with Gasteiger partial charge in [0.15, 0.2) is 0 Å². The Kier molecular flexibility index (Phi) is 6.22. The summed E-state index contributed by atoms with van der Waals surface area (Å²) in [7, 11) is 2.11. The van der Waals surface area contributed by atoms with Gasteiger partial charge in [-0.05, 0) is 43.7 Å². The molecule has 2 heterocycles. The standard InChI is InChI=1S/C22H28N4O/c1-4-22(27)26-12-8-9-18(15-26)13-20(19-10-6-5-7-11-19)25(3)21-14-23-16-24-17(21)2/h4-7,10-11,14,16,18,20H,1,8-9,12-13,15H2,2-3H3. The Bertz CT molecular complexity index is 777. The summed E-state index contributed by atoms with van der Waals surface area (Å²) >= 11 is 0. The van der Waals surface area contributed by atoms with Gasteiger partial charge in [-0.1, -0.05) is 36.9 Å². The fourth-order valence-electron chi connectivity index (χ4n) is 3.99. The number of anilines is 1. The maximum atomic E-state index is 12.0. The number of carbonyl (C=O) groups is 1. The molecule has 2 atom stereocenters. The largest absolute Gasteiger partial charge is 0.365 e. The molecule has 1 aromatic carbocycles. The lowest BCUT2D eigenvalue weighted by molar-refractivity contribution is -0.127. The molecule has 27 heavy (non-hydrogen) atoms. The van der Waals surface area contributed by atoms with Crippen LogP contribution in [-0.4, -0.2) is 40.9 Å². The van der Waals surface area contributed by atoms with E-state index in [0.717, 1.165) is 43.7 Å². The van der Waals surface area contributed by atoms with Gasteiger partial charge >= 0.3 is 0 Å². The predicted octanol–water partition coefficient (Wildman–Crippen LogP) is 3.78. The fraction of sp³-hybridized carbons (Fsp3) is 0.409. The molecule has 5 heteroatoms. The fourth-order valence-corrected chi connectivity index (χ4v) is 3.99. The quantitative estimate of drug-likeness (QED) is 0.732. The van der Waals surface area contributed by atoms with E-state index in [9.17, 15) is 4.79 Å². The average molecular weight is 364 g/mol. The summed E-state index contributed by atoms with van der Waals surface area (Å²) < 4.78 is 0. The molecule has 1 aliphatic heterocycles. The van der Waals surface area contributed by atoms with Crippen LogP contribution in [0.1, 0.15) is 36.6 Å². The summed E-state index contributed by atoms with van der Waals surface area (Å²) in [5.41, 5.74) is 3.29. The summed E-state index contributed by atoms with van der Waals surface area (Å²) in [6.45, 7) is 7.28. The van der Waals surface area contributed by atoms with Gasteiger partial charge in [0.1, 0.15) is 6.33 Å². The number of amides is 1. The normalized spacial score (nSPS) is 18.0. The molecule has 5 nitrogen and oxygen atoms in total. The average Bonchev–Trinajstić information content (AvgIpc) is 2.72. The SMILES string of the molecule is C=CC(=O)N1CCCC(CC(c2ccccc2)N(C)c2cncnc2C)C1. The van der Waals surface area contributed by atoms with Gasteiger partial charge in [-0.25, -0.2) is 9.97 Å². The zero-order valence-corrected chi connectivity index (χ0v) is 16.2. The monoisotopic (exact) mass is 364 g/mol. The first-order chi connectivity index (χ1) is 13.1. The molecule has 1 amide bonds. The highest BCUT2D eigenvalue weighted by molar-refractivity contribution is 5.87. The highest BCUT2D eigenvalue weighted by Gasteiger charge is 2.28. The number of aromatic nitrogens is 2. The van der Waals surface area contributed by atoms with Gasteiger partial charge in [0, 0.05) is 20.1 Å². The molecule has 0 N–H and O–H groups in total. The summed E-state index contributed by atoms with van der Waals surface area (Å²) in [4.78, 5) is 24.8. The minimum atomic E-state index is 0.0385. The second kappa shape index (κ2) is 8.80. The molecular formula is C22H28N4O. The van der Waals surface area contributed by atoms with Gasteiger partial charge in [-0.3, -0.25) is 4.79 Å². The molecule has 0 bridgehead atoms. The minimum absolute atomic E-state index is 0.0385. The van der Waals surface area contributed by atoms with Crippen LogP contribution in [-0.2, 0) is 4.79 Å². The molecule has 142 valence electrons. The molecule has 0 spiro atoms. The predicted molar refractivity (Wildman–Crippen MR) is 108 cm³/mol. The number of nitrogens with zero attached hydrogens (tertiary/aromatic N) is 4. The zero-order valence-electron chi connectivity index (χ0n) is 16.2. The summed E-state index contributed by atoms with van der Waals surface area (Å²) in [6.07, 6.45) is 8.06. The maximum Gasteiger partial charge on any atom is 0.245 e. The molecule has 1 aliphatic rings. The Morgan fingerprint density at radius 3 is 2.89 bits per heavy atom. The molecule has 1 aromatic heterocycles. The molecule has 0 saturated carbocycles. The van der Waals surface area contributed by atoms with E-state index in [2.05, 4.69) is 52.8 Å². The number of aryl methyl sites for hydroxylation is 1. The van der Waals surface area contributed by atoms with E-state index in [1.165, 1.54) is 11.6 Å². The van der Waals surface area contributed by atoms with Crippen molar-refractivity contribution < 1.29 is 4.79 Å². The Morgan fingerprint density at radius 2 is 2.19 bits per heavy atom. The molecule has 0 radical (unpaired) electrons. The number of hydrogen-bond acceptors (Lipinski definition) is 4. The first-order valence-electron chi connectivity index (χ1n) is 9.56. The first kappa shape index (κ1) is 19.1. The van der Waals surface area contributed by atoms with Crippen molar-refractivity contribution >= 4 is 11.6 Å². The number of piperidine rings is 1. The second-order valence-corrected chi connectivity index (χ2v) is 7.26. The summed E-state index contributed by atoms with van der Waals surface area (Å²) in [5.74, 6) is 0.497. The Morgan fingerprint density at radius 1 is 1.41 bits per heavy atom. The van der Waals surface area contributed by atoms with Gasteiger partial charge < -0.3 is 9.80 Å². The number of likely N-dealkylation sites (tertiary alicyclic amines) is 1. The van der Waals surface area contributed by atoms with E-state index in [0.29, 0.717) is 5.92 Å². The second-order valence-electron chi connectivity index (χ2n) is 7.26. The van der Waals surface area contributed by atoms with Crippen LogP contribution in [0, 0.1) is 12.8 Å². The van der Waals surface area contributed by atoms with Crippen LogP contribution in [0.2, 0.25) is 0 Å². The van der Waals surface area contributed by atoms with Gasteiger partial charge in [0.25, 0.3) is 0 Å². The van der Waals surface area contributed by atoms with Gasteiger partial charge in [-0.15, -0.1) is 0 Å². The van der Waals surface area contributed by atoms with E-state index in [1.807, 2.05) is 24.1 Å². The lowest BCUT2D eigenvalue weighted by Gasteiger charge is -2.37. The van der Waals surface area contributed by atoms with Gasteiger partial charge in [0.05, 0.1) is 23.6 Å². The van der Waals surface area contributed by atoms with Crippen molar-refractivity contribution in [1.29, 1.82) is 0 Å². The van der Waals surface area contributed by atoms with Crippen molar-refractivity contribution in [2.75, 3.05) is 25.0 Å². The number of carbonyl (C=O) groups excluding carboxylic acids is 1. The van der Waals surface area contributed by atoms with Crippen LogP contribution < -0.4 is 4.90 Å². The van der Waals surface area contributed by atoms with Crippen LogP contribution in [0.25, 0.3) is 0 Å².